The van der Waals surface area contributed by atoms with Gasteiger partial charge >= 0.3 is 6.09 Å². The number of hydrogen-bond acceptors (Lipinski definition) is 5. The molecule has 0 unspecified atom stereocenters. The number of benzene rings is 2. The summed E-state index contributed by atoms with van der Waals surface area (Å²) in [6.07, 6.45) is 11.2. The Kier molecular flexibility index (Phi) is 10.9. The lowest BCUT2D eigenvalue weighted by Crippen LogP contribution is -2.36. The number of likely N-dealkylation sites (tertiary alicyclic amines) is 1. The number of ether oxygens (including phenoxy) is 2. The Hall–Kier alpha value is -3.06. The molecule has 1 fully saturated rings. The fraction of sp³-hybridized carbons (Fsp3) is 0.321. The van der Waals surface area contributed by atoms with Crippen molar-refractivity contribution in [2.75, 3.05) is 38.7 Å². The highest BCUT2D eigenvalue weighted by Gasteiger charge is 2.21. The summed E-state index contributed by atoms with van der Waals surface area (Å²) in [6.45, 7) is 3.68. The molecule has 2 aromatic rings. The molecule has 0 aromatic heterocycles. The molecule has 35 heavy (non-hydrogen) atoms. The van der Waals surface area contributed by atoms with E-state index in [0.29, 0.717) is 24.0 Å². The van der Waals surface area contributed by atoms with Gasteiger partial charge in [-0.2, -0.15) is 0 Å². The fourth-order valence-electron chi connectivity index (χ4n) is 4.12. The Labute approximate surface area is 212 Å². The van der Waals surface area contributed by atoms with Gasteiger partial charge in [0.25, 0.3) is 0 Å². The van der Waals surface area contributed by atoms with Crippen LogP contribution in [0, 0.1) is 5.92 Å². The van der Waals surface area contributed by atoms with E-state index in [-0.39, 0.29) is 0 Å². The first kappa shape index (κ1) is 26.5. The minimum atomic E-state index is -0.520. The summed E-state index contributed by atoms with van der Waals surface area (Å²) in [6, 6.07) is 16.3. The highest BCUT2D eigenvalue weighted by Crippen LogP contribution is 2.29. The second-order valence-corrected chi connectivity index (χ2v) is 8.65. The first-order valence-corrected chi connectivity index (χ1v) is 12.2. The summed E-state index contributed by atoms with van der Waals surface area (Å²) < 4.78 is 11.2. The molecule has 0 radical (unpaired) electrons. The molecule has 1 heterocycles. The molecule has 1 amide bonds. The lowest BCUT2D eigenvalue weighted by molar-refractivity contribution is 0.164. The van der Waals surface area contributed by atoms with Gasteiger partial charge in [-0.25, -0.2) is 4.79 Å². The van der Waals surface area contributed by atoms with E-state index in [4.69, 9.17) is 26.2 Å². The zero-order valence-corrected chi connectivity index (χ0v) is 20.8. The number of rotatable bonds is 7. The summed E-state index contributed by atoms with van der Waals surface area (Å²) in [5.74, 6) is 1.87. The third kappa shape index (κ3) is 8.91. The fourth-order valence-corrected chi connectivity index (χ4v) is 4.27. The van der Waals surface area contributed by atoms with E-state index in [2.05, 4.69) is 22.4 Å². The lowest BCUT2D eigenvalue weighted by atomic mass is 9.87. The van der Waals surface area contributed by atoms with Crippen molar-refractivity contribution in [2.45, 2.75) is 19.3 Å². The van der Waals surface area contributed by atoms with Gasteiger partial charge in [-0.05, 0) is 86.8 Å². The van der Waals surface area contributed by atoms with Gasteiger partial charge in [0.05, 0.1) is 0 Å². The van der Waals surface area contributed by atoms with Crippen LogP contribution in [-0.2, 0) is 0 Å². The maximum absolute atomic E-state index is 12.0. The summed E-state index contributed by atoms with van der Waals surface area (Å²) in [7, 11) is 1.00. The molecule has 7 heteroatoms. The predicted octanol–water partition coefficient (Wildman–Crippen LogP) is 6.01. The average molecular weight is 497 g/mol. The van der Waals surface area contributed by atoms with Crippen molar-refractivity contribution in [2.24, 2.45) is 5.92 Å². The molecule has 2 aromatic carbocycles. The van der Waals surface area contributed by atoms with E-state index < -0.39 is 6.09 Å². The van der Waals surface area contributed by atoms with E-state index in [1.54, 1.807) is 24.3 Å². The van der Waals surface area contributed by atoms with Crippen LogP contribution >= 0.6 is 11.6 Å². The first-order valence-electron chi connectivity index (χ1n) is 11.8. The van der Waals surface area contributed by atoms with Gasteiger partial charge in [0.1, 0.15) is 18.1 Å². The Balaban J connectivity index is 0.00000167. The van der Waals surface area contributed by atoms with E-state index in [9.17, 15) is 4.79 Å². The van der Waals surface area contributed by atoms with Crippen LogP contribution in [0.4, 0.5) is 10.5 Å². The highest BCUT2D eigenvalue weighted by molar-refractivity contribution is 6.31. The third-order valence-electron chi connectivity index (χ3n) is 5.93. The number of hydrogen-bond donors (Lipinski definition) is 2. The van der Waals surface area contributed by atoms with E-state index in [1.165, 1.54) is 18.4 Å². The van der Waals surface area contributed by atoms with Crippen molar-refractivity contribution in [3.8, 4) is 11.5 Å². The van der Waals surface area contributed by atoms with Gasteiger partial charge in [0, 0.05) is 24.4 Å². The van der Waals surface area contributed by atoms with Gasteiger partial charge in [0.2, 0.25) is 0 Å². The molecular formula is C28H33ClN2O4. The highest BCUT2D eigenvalue weighted by atomic mass is 35.5. The number of carbonyl (C=O) groups excluding carboxylic acids is 1. The standard InChI is InChI=1S/C27H29ClN2O3.CH4O/c28-23-6-4-5-21(9-10-23)22-15-17-30(18-16-22)19-20-32-25-11-13-26(14-12-25)33-27(31)29-24-7-2-1-3-8-24;1-2/h1-4,6-14,22H,5,15-20H2,(H,29,31);2H,1H3. The molecule has 2 N–H and O–H groups in total. The van der Waals surface area contributed by atoms with Crippen LogP contribution in [0.1, 0.15) is 19.3 Å². The monoisotopic (exact) mass is 496 g/mol. The van der Waals surface area contributed by atoms with Crippen molar-refractivity contribution in [3.05, 3.63) is 89.5 Å². The summed E-state index contributed by atoms with van der Waals surface area (Å²) in [5, 5.41) is 10.5. The van der Waals surface area contributed by atoms with Crippen molar-refractivity contribution in [1.29, 1.82) is 0 Å². The van der Waals surface area contributed by atoms with Gasteiger partial charge in [-0.15, -0.1) is 0 Å². The van der Waals surface area contributed by atoms with Crippen molar-refractivity contribution < 1.29 is 19.4 Å². The predicted molar refractivity (Wildman–Crippen MR) is 141 cm³/mol. The quantitative estimate of drug-likeness (QED) is 0.491. The smallest absolute Gasteiger partial charge is 0.417 e. The number of aliphatic hydroxyl groups is 1. The van der Waals surface area contributed by atoms with Crippen molar-refractivity contribution in [1.82, 2.24) is 4.90 Å². The molecule has 0 bridgehead atoms. The van der Waals surface area contributed by atoms with Crippen LogP contribution in [0.25, 0.3) is 0 Å². The van der Waals surface area contributed by atoms with Gasteiger partial charge in [-0.1, -0.05) is 47.5 Å². The molecular weight excluding hydrogens is 464 g/mol. The van der Waals surface area contributed by atoms with Crippen LogP contribution in [0.3, 0.4) is 0 Å². The minimum Gasteiger partial charge on any atom is -0.492 e. The molecule has 0 saturated carbocycles. The van der Waals surface area contributed by atoms with Gasteiger partial charge in [0.15, 0.2) is 0 Å². The average Bonchev–Trinajstić information content (AvgIpc) is 3.12. The number of nitrogens with zero attached hydrogens (tertiary/aromatic N) is 1. The number of piperidine rings is 1. The Bertz CT molecular complexity index is 1010. The second-order valence-electron chi connectivity index (χ2n) is 8.22. The van der Waals surface area contributed by atoms with Gasteiger partial charge < -0.3 is 14.6 Å². The lowest BCUT2D eigenvalue weighted by Gasteiger charge is -2.33. The van der Waals surface area contributed by atoms with Crippen LogP contribution < -0.4 is 14.8 Å². The largest absolute Gasteiger partial charge is 0.492 e. The zero-order chi connectivity index (χ0) is 24.9. The molecule has 0 spiro atoms. The molecule has 6 nitrogen and oxygen atoms in total. The SMILES string of the molecule is CO.O=C(Nc1ccccc1)Oc1ccc(OCCN2CCC(C3=CC=C(Cl)C=CC3)CC2)cc1. The number of carbonyl (C=O) groups is 1. The molecule has 186 valence electrons. The normalized spacial score (nSPS) is 16.2. The molecule has 1 aliphatic heterocycles. The van der Waals surface area contributed by atoms with E-state index >= 15 is 0 Å². The Morgan fingerprint density at radius 3 is 2.43 bits per heavy atom. The van der Waals surface area contributed by atoms with Crippen molar-refractivity contribution in [3.63, 3.8) is 0 Å². The van der Waals surface area contributed by atoms with Gasteiger partial charge in [-0.3, -0.25) is 10.2 Å². The van der Waals surface area contributed by atoms with Crippen molar-refractivity contribution >= 4 is 23.4 Å². The topological polar surface area (TPSA) is 71.0 Å². The maximum Gasteiger partial charge on any atom is 0.417 e. The Morgan fingerprint density at radius 2 is 1.71 bits per heavy atom. The van der Waals surface area contributed by atoms with Crippen LogP contribution in [0.5, 0.6) is 11.5 Å². The second kappa shape index (κ2) is 14.4. The molecule has 1 saturated heterocycles. The number of para-hydroxylation sites is 1. The zero-order valence-electron chi connectivity index (χ0n) is 20.0. The Morgan fingerprint density at radius 1 is 1.03 bits per heavy atom. The number of anilines is 1. The van der Waals surface area contributed by atoms with Crippen LogP contribution in [-0.4, -0.2) is 49.5 Å². The van der Waals surface area contributed by atoms with Crippen LogP contribution in [0.2, 0.25) is 0 Å². The number of nitrogens with one attached hydrogen (secondary N) is 1. The number of amides is 1. The van der Waals surface area contributed by atoms with E-state index in [0.717, 1.165) is 43.9 Å². The number of halogens is 1. The molecule has 2 aliphatic rings. The first-order chi connectivity index (χ1) is 17.2. The third-order valence-corrected chi connectivity index (χ3v) is 6.18. The summed E-state index contributed by atoms with van der Waals surface area (Å²) in [5.41, 5.74) is 2.17. The summed E-state index contributed by atoms with van der Waals surface area (Å²) in [4.78, 5) is 14.4. The number of aliphatic hydroxyl groups excluding tert-OH is 1. The number of allylic oxidation sites excluding steroid dienone is 6. The molecule has 1 aliphatic carbocycles. The minimum absolute atomic E-state index is 0.469. The molecule has 4 rings (SSSR count). The molecule has 0 atom stereocenters. The van der Waals surface area contributed by atoms with E-state index in [1.807, 2.05) is 42.5 Å². The van der Waals surface area contributed by atoms with Crippen LogP contribution in [0.15, 0.2) is 89.5 Å². The summed E-state index contributed by atoms with van der Waals surface area (Å²) >= 11 is 6.10. The maximum atomic E-state index is 12.0.